The van der Waals surface area contributed by atoms with Crippen LogP contribution >= 0.6 is 0 Å². The van der Waals surface area contributed by atoms with E-state index >= 15 is 0 Å². The minimum atomic E-state index is -0.191. The van der Waals surface area contributed by atoms with Gasteiger partial charge in [-0.1, -0.05) is 0 Å². The monoisotopic (exact) mass is 238 g/mol. The molecule has 0 spiro atoms. The Morgan fingerprint density at radius 3 is 2.65 bits per heavy atom. The van der Waals surface area contributed by atoms with Gasteiger partial charge in [-0.3, -0.25) is 0 Å². The molecule has 0 saturated heterocycles. The minimum absolute atomic E-state index is 0.191. The lowest BCUT2D eigenvalue weighted by atomic mass is 10.1. The second-order valence-electron chi connectivity index (χ2n) is 4.50. The minimum Gasteiger partial charge on any atom is -0.495 e. The number of nitrogens with two attached hydrogens (primary N) is 1. The van der Waals surface area contributed by atoms with Crippen LogP contribution in [0, 0.1) is 0 Å². The van der Waals surface area contributed by atoms with Crippen LogP contribution < -0.4 is 15.8 Å². The van der Waals surface area contributed by atoms with E-state index < -0.39 is 0 Å². The van der Waals surface area contributed by atoms with E-state index in [2.05, 4.69) is 19.2 Å². The summed E-state index contributed by atoms with van der Waals surface area (Å²) in [6.07, 6.45) is 0. The molecule has 1 rings (SSSR count). The summed E-state index contributed by atoms with van der Waals surface area (Å²) in [4.78, 5) is 0. The number of benzene rings is 1. The van der Waals surface area contributed by atoms with Crippen LogP contribution in [0.4, 0.5) is 11.4 Å². The fraction of sp³-hybridized carbons (Fsp3) is 0.538. The van der Waals surface area contributed by atoms with Crippen LogP contribution in [0.5, 0.6) is 5.75 Å². The Kier molecular flexibility index (Phi) is 4.63. The molecule has 4 heteroatoms. The van der Waals surface area contributed by atoms with Gasteiger partial charge in [-0.25, -0.2) is 0 Å². The molecule has 4 nitrogen and oxygen atoms in total. The highest BCUT2D eigenvalue weighted by Crippen LogP contribution is 2.25. The molecular formula is C13H22N2O2. The summed E-state index contributed by atoms with van der Waals surface area (Å²) in [7, 11) is 1.61. The molecule has 0 aliphatic heterocycles. The van der Waals surface area contributed by atoms with Crippen molar-refractivity contribution in [3.05, 3.63) is 18.2 Å². The third kappa shape index (κ3) is 4.15. The molecule has 3 N–H and O–H groups in total. The van der Waals surface area contributed by atoms with Crippen LogP contribution in [-0.4, -0.2) is 25.9 Å². The van der Waals surface area contributed by atoms with E-state index in [1.165, 1.54) is 0 Å². The van der Waals surface area contributed by atoms with Crippen molar-refractivity contribution in [1.82, 2.24) is 0 Å². The molecule has 0 amide bonds. The van der Waals surface area contributed by atoms with Crippen LogP contribution in [0.2, 0.25) is 0 Å². The smallest absolute Gasteiger partial charge is 0.143 e. The predicted octanol–water partition coefficient (Wildman–Crippen LogP) is 2.50. The van der Waals surface area contributed by atoms with Crippen LogP contribution in [0.3, 0.4) is 0 Å². The average molecular weight is 238 g/mol. The lowest BCUT2D eigenvalue weighted by molar-refractivity contribution is 0.000696. The quantitative estimate of drug-likeness (QED) is 0.748. The van der Waals surface area contributed by atoms with Crippen LogP contribution in [0.1, 0.15) is 20.8 Å². The number of nitrogen functional groups attached to an aromatic ring is 1. The number of rotatable bonds is 6. The topological polar surface area (TPSA) is 56.5 Å². The van der Waals surface area contributed by atoms with E-state index in [9.17, 15) is 0 Å². The first-order valence-corrected chi connectivity index (χ1v) is 5.80. The molecule has 0 aliphatic rings. The summed E-state index contributed by atoms with van der Waals surface area (Å²) in [5.74, 6) is 0.684. The van der Waals surface area contributed by atoms with Gasteiger partial charge in [0.25, 0.3) is 0 Å². The maximum atomic E-state index is 5.75. The molecule has 96 valence electrons. The number of ether oxygens (including phenoxy) is 2. The van der Waals surface area contributed by atoms with E-state index in [0.717, 1.165) is 12.2 Å². The van der Waals surface area contributed by atoms with E-state index in [1.807, 2.05) is 25.1 Å². The summed E-state index contributed by atoms with van der Waals surface area (Å²) < 4.78 is 10.8. The third-order valence-corrected chi connectivity index (χ3v) is 2.49. The first-order valence-electron chi connectivity index (χ1n) is 5.80. The van der Waals surface area contributed by atoms with E-state index in [0.29, 0.717) is 18.0 Å². The van der Waals surface area contributed by atoms with Crippen molar-refractivity contribution in [3.8, 4) is 5.75 Å². The molecule has 0 fully saturated rings. The molecule has 0 aromatic heterocycles. The van der Waals surface area contributed by atoms with Crippen molar-refractivity contribution >= 4 is 11.4 Å². The highest BCUT2D eigenvalue weighted by molar-refractivity contribution is 5.61. The number of nitrogens with one attached hydrogen (secondary N) is 1. The zero-order valence-electron chi connectivity index (χ0n) is 11.0. The Labute approximate surface area is 103 Å². The predicted molar refractivity (Wildman–Crippen MR) is 71.6 cm³/mol. The molecule has 17 heavy (non-hydrogen) atoms. The fourth-order valence-electron chi connectivity index (χ4n) is 1.58. The Balaban J connectivity index is 2.63. The fourth-order valence-corrected chi connectivity index (χ4v) is 1.58. The van der Waals surface area contributed by atoms with Crippen molar-refractivity contribution in [3.63, 3.8) is 0 Å². The SMILES string of the molecule is CCOC(C)(C)CNc1ccc(N)c(OC)c1. The Morgan fingerprint density at radius 2 is 2.06 bits per heavy atom. The molecule has 0 unspecified atom stereocenters. The lowest BCUT2D eigenvalue weighted by Crippen LogP contribution is -2.33. The molecule has 0 heterocycles. The van der Waals surface area contributed by atoms with Gasteiger partial charge in [0.05, 0.1) is 18.4 Å². The molecule has 1 aromatic carbocycles. The maximum absolute atomic E-state index is 5.75. The molecule has 0 saturated carbocycles. The second kappa shape index (κ2) is 5.77. The highest BCUT2D eigenvalue weighted by Gasteiger charge is 2.17. The summed E-state index contributed by atoms with van der Waals surface area (Å²) in [5, 5.41) is 3.31. The first-order chi connectivity index (χ1) is 7.98. The molecule has 0 radical (unpaired) electrons. The number of methoxy groups -OCH3 is 1. The largest absolute Gasteiger partial charge is 0.495 e. The number of hydrogen-bond acceptors (Lipinski definition) is 4. The van der Waals surface area contributed by atoms with E-state index in [1.54, 1.807) is 7.11 Å². The maximum Gasteiger partial charge on any atom is 0.143 e. The number of hydrogen-bond donors (Lipinski definition) is 2. The Hall–Kier alpha value is -1.42. The summed E-state index contributed by atoms with van der Waals surface area (Å²) in [6.45, 7) is 7.54. The summed E-state index contributed by atoms with van der Waals surface area (Å²) >= 11 is 0. The summed E-state index contributed by atoms with van der Waals surface area (Å²) in [5.41, 5.74) is 7.18. The van der Waals surface area contributed by atoms with Crippen molar-refractivity contribution in [2.24, 2.45) is 0 Å². The average Bonchev–Trinajstić information content (AvgIpc) is 2.28. The normalized spacial score (nSPS) is 11.3. The van der Waals surface area contributed by atoms with Crippen LogP contribution in [0.25, 0.3) is 0 Å². The second-order valence-corrected chi connectivity index (χ2v) is 4.50. The van der Waals surface area contributed by atoms with Gasteiger partial charge in [-0.05, 0) is 32.9 Å². The van der Waals surface area contributed by atoms with Gasteiger partial charge in [0.1, 0.15) is 5.75 Å². The van der Waals surface area contributed by atoms with Gasteiger partial charge in [-0.15, -0.1) is 0 Å². The zero-order chi connectivity index (χ0) is 12.9. The highest BCUT2D eigenvalue weighted by atomic mass is 16.5. The van der Waals surface area contributed by atoms with Gasteiger partial charge in [-0.2, -0.15) is 0 Å². The van der Waals surface area contributed by atoms with E-state index in [-0.39, 0.29) is 5.60 Å². The van der Waals surface area contributed by atoms with Crippen molar-refractivity contribution in [1.29, 1.82) is 0 Å². The third-order valence-electron chi connectivity index (χ3n) is 2.49. The van der Waals surface area contributed by atoms with Gasteiger partial charge < -0.3 is 20.5 Å². The van der Waals surface area contributed by atoms with Gasteiger partial charge in [0.2, 0.25) is 0 Å². The summed E-state index contributed by atoms with van der Waals surface area (Å²) in [6, 6.07) is 5.64. The molecule has 0 atom stereocenters. The van der Waals surface area contributed by atoms with Gasteiger partial charge >= 0.3 is 0 Å². The van der Waals surface area contributed by atoms with Gasteiger partial charge in [0, 0.05) is 24.9 Å². The number of anilines is 2. The van der Waals surface area contributed by atoms with Crippen molar-refractivity contribution in [2.75, 3.05) is 31.3 Å². The Morgan fingerprint density at radius 1 is 1.35 bits per heavy atom. The first kappa shape index (κ1) is 13.6. The van der Waals surface area contributed by atoms with Crippen molar-refractivity contribution in [2.45, 2.75) is 26.4 Å². The molecule has 1 aromatic rings. The molecular weight excluding hydrogens is 216 g/mol. The van der Waals surface area contributed by atoms with Crippen molar-refractivity contribution < 1.29 is 9.47 Å². The van der Waals surface area contributed by atoms with E-state index in [4.69, 9.17) is 15.2 Å². The molecule has 0 bridgehead atoms. The van der Waals surface area contributed by atoms with Gasteiger partial charge in [0.15, 0.2) is 0 Å². The standard InChI is InChI=1S/C13H22N2O2/c1-5-17-13(2,3)9-15-10-6-7-11(14)12(8-10)16-4/h6-8,15H,5,9,14H2,1-4H3. The van der Waals surface area contributed by atoms with Crippen LogP contribution in [0.15, 0.2) is 18.2 Å². The van der Waals surface area contributed by atoms with Crippen LogP contribution in [-0.2, 0) is 4.74 Å². The molecule has 0 aliphatic carbocycles. The lowest BCUT2D eigenvalue weighted by Gasteiger charge is -2.25. The Bertz CT molecular complexity index is 364. The zero-order valence-corrected chi connectivity index (χ0v) is 11.0.